The smallest absolute Gasteiger partial charge is 0.323 e. The first-order valence-electron chi connectivity index (χ1n) is 7.19. The van der Waals surface area contributed by atoms with Crippen LogP contribution in [0.25, 0.3) is 10.9 Å². The van der Waals surface area contributed by atoms with E-state index < -0.39 is 6.04 Å². The number of esters is 1. The topological polar surface area (TPSA) is 68.1 Å². The minimum absolute atomic E-state index is 0.314. The second kappa shape index (κ2) is 7.10. The van der Waals surface area contributed by atoms with E-state index >= 15 is 0 Å². The van der Waals surface area contributed by atoms with E-state index in [-0.39, 0.29) is 5.97 Å². The monoisotopic (exact) mass is 274 g/mol. The molecule has 0 radical (unpaired) electrons. The predicted octanol–water partition coefficient (Wildman–Crippen LogP) is 2.77. The van der Waals surface area contributed by atoms with Crippen LogP contribution < -0.4 is 5.73 Å². The zero-order chi connectivity index (χ0) is 14.4. The van der Waals surface area contributed by atoms with Crippen molar-refractivity contribution in [1.29, 1.82) is 0 Å². The van der Waals surface area contributed by atoms with E-state index in [0.29, 0.717) is 13.0 Å². The van der Waals surface area contributed by atoms with Gasteiger partial charge in [0.05, 0.1) is 6.61 Å². The van der Waals surface area contributed by atoms with Crippen molar-refractivity contribution in [2.24, 2.45) is 5.73 Å². The molecule has 20 heavy (non-hydrogen) atoms. The van der Waals surface area contributed by atoms with Gasteiger partial charge in [0.15, 0.2) is 0 Å². The van der Waals surface area contributed by atoms with E-state index in [4.69, 9.17) is 10.5 Å². The lowest BCUT2D eigenvalue weighted by molar-refractivity contribution is -0.145. The summed E-state index contributed by atoms with van der Waals surface area (Å²) in [6, 6.07) is 7.39. The first-order valence-corrected chi connectivity index (χ1v) is 7.19. The number of aromatic nitrogens is 1. The molecule has 0 spiro atoms. The van der Waals surface area contributed by atoms with Crippen LogP contribution in [0.5, 0.6) is 0 Å². The third-order valence-corrected chi connectivity index (χ3v) is 3.41. The Balaban J connectivity index is 1.90. The SMILES string of the molecule is CCCCCOC(=O)[C@@H](N)Cc1c[nH]c2ccccc12. The molecule has 0 fully saturated rings. The summed E-state index contributed by atoms with van der Waals surface area (Å²) in [4.78, 5) is 15.0. The minimum Gasteiger partial charge on any atom is -0.465 e. The maximum Gasteiger partial charge on any atom is 0.323 e. The standard InChI is InChI=1S/C16H22N2O2/c1-2-3-6-9-20-16(19)14(17)10-12-11-18-15-8-5-4-7-13(12)15/h4-5,7-8,11,14,18H,2-3,6,9-10,17H2,1H3/t14-/m0/s1. The fourth-order valence-corrected chi connectivity index (χ4v) is 2.25. The Morgan fingerprint density at radius 1 is 1.35 bits per heavy atom. The van der Waals surface area contributed by atoms with Gasteiger partial charge in [-0.1, -0.05) is 38.0 Å². The van der Waals surface area contributed by atoms with Crippen molar-refractivity contribution in [3.8, 4) is 0 Å². The van der Waals surface area contributed by atoms with Crippen molar-refractivity contribution < 1.29 is 9.53 Å². The lowest BCUT2D eigenvalue weighted by Crippen LogP contribution is -2.34. The summed E-state index contributed by atoms with van der Waals surface area (Å²) in [5.41, 5.74) is 8.04. The molecule has 0 amide bonds. The Hall–Kier alpha value is -1.81. The van der Waals surface area contributed by atoms with Gasteiger partial charge in [-0.05, 0) is 18.1 Å². The lowest BCUT2D eigenvalue weighted by Gasteiger charge is -2.11. The van der Waals surface area contributed by atoms with Crippen molar-refractivity contribution >= 4 is 16.9 Å². The van der Waals surface area contributed by atoms with Crippen molar-refractivity contribution in [3.63, 3.8) is 0 Å². The molecule has 4 nitrogen and oxygen atoms in total. The molecule has 2 aromatic rings. The van der Waals surface area contributed by atoms with E-state index in [9.17, 15) is 4.79 Å². The van der Waals surface area contributed by atoms with Gasteiger partial charge in [0.25, 0.3) is 0 Å². The Morgan fingerprint density at radius 3 is 2.95 bits per heavy atom. The molecule has 2 rings (SSSR count). The second-order valence-electron chi connectivity index (χ2n) is 5.04. The van der Waals surface area contributed by atoms with Crippen LogP contribution in [0.3, 0.4) is 0 Å². The summed E-state index contributed by atoms with van der Waals surface area (Å²) in [6.07, 6.45) is 5.50. The van der Waals surface area contributed by atoms with Gasteiger partial charge in [-0.25, -0.2) is 0 Å². The summed E-state index contributed by atoms with van der Waals surface area (Å²) < 4.78 is 5.19. The molecule has 1 aromatic heterocycles. The summed E-state index contributed by atoms with van der Waals surface area (Å²) in [5.74, 6) is -0.314. The fraction of sp³-hybridized carbons (Fsp3) is 0.438. The van der Waals surface area contributed by atoms with E-state index in [2.05, 4.69) is 11.9 Å². The maximum atomic E-state index is 11.8. The molecule has 0 saturated carbocycles. The van der Waals surface area contributed by atoms with E-state index in [1.807, 2.05) is 30.5 Å². The van der Waals surface area contributed by atoms with Crippen LogP contribution >= 0.6 is 0 Å². The molecular formula is C16H22N2O2. The third-order valence-electron chi connectivity index (χ3n) is 3.41. The lowest BCUT2D eigenvalue weighted by atomic mass is 10.1. The number of hydrogen-bond donors (Lipinski definition) is 2. The predicted molar refractivity (Wildman–Crippen MR) is 80.5 cm³/mol. The number of nitrogens with two attached hydrogens (primary N) is 1. The number of unbranched alkanes of at least 4 members (excludes halogenated alkanes) is 2. The highest BCUT2D eigenvalue weighted by Gasteiger charge is 2.17. The number of H-pyrrole nitrogens is 1. The van der Waals surface area contributed by atoms with Crippen molar-refractivity contribution in [2.75, 3.05) is 6.61 Å². The molecule has 0 aliphatic heterocycles. The molecule has 3 N–H and O–H groups in total. The molecule has 0 saturated heterocycles. The van der Waals surface area contributed by atoms with Gasteiger partial charge in [0.2, 0.25) is 0 Å². The van der Waals surface area contributed by atoms with Crippen LogP contribution in [0.2, 0.25) is 0 Å². The quantitative estimate of drug-likeness (QED) is 0.602. The fourth-order valence-electron chi connectivity index (χ4n) is 2.25. The average Bonchev–Trinajstić information content (AvgIpc) is 2.87. The highest BCUT2D eigenvalue weighted by atomic mass is 16.5. The molecule has 0 bridgehead atoms. The van der Waals surface area contributed by atoms with Gasteiger partial charge in [-0.2, -0.15) is 0 Å². The number of hydrogen-bond acceptors (Lipinski definition) is 3. The highest BCUT2D eigenvalue weighted by Crippen LogP contribution is 2.18. The molecular weight excluding hydrogens is 252 g/mol. The Kier molecular flexibility index (Phi) is 5.18. The third kappa shape index (κ3) is 3.61. The maximum absolute atomic E-state index is 11.8. The molecule has 1 atom stereocenters. The van der Waals surface area contributed by atoms with Crippen LogP contribution in [0.4, 0.5) is 0 Å². The number of rotatable bonds is 7. The van der Waals surface area contributed by atoms with Gasteiger partial charge >= 0.3 is 5.97 Å². The van der Waals surface area contributed by atoms with Crippen LogP contribution in [0, 0.1) is 0 Å². The number of aromatic amines is 1. The van der Waals surface area contributed by atoms with Crippen molar-refractivity contribution in [2.45, 2.75) is 38.6 Å². The average molecular weight is 274 g/mol. The molecule has 0 aliphatic rings. The Labute approximate surface area is 119 Å². The number of ether oxygens (including phenoxy) is 1. The number of carbonyl (C=O) groups is 1. The highest BCUT2D eigenvalue weighted by molar-refractivity contribution is 5.84. The molecule has 1 heterocycles. The summed E-state index contributed by atoms with van der Waals surface area (Å²) in [6.45, 7) is 2.58. The number of carbonyl (C=O) groups excluding carboxylic acids is 1. The van der Waals surface area contributed by atoms with E-state index in [0.717, 1.165) is 35.7 Å². The van der Waals surface area contributed by atoms with Gasteiger partial charge in [0, 0.05) is 23.5 Å². The minimum atomic E-state index is -0.601. The Morgan fingerprint density at radius 2 is 2.15 bits per heavy atom. The number of nitrogens with one attached hydrogen (secondary N) is 1. The molecule has 4 heteroatoms. The molecule has 0 unspecified atom stereocenters. The zero-order valence-electron chi connectivity index (χ0n) is 11.9. The number of para-hydroxylation sites is 1. The van der Waals surface area contributed by atoms with Gasteiger partial charge in [-0.15, -0.1) is 0 Å². The normalized spacial score (nSPS) is 12.5. The number of fused-ring (bicyclic) bond motifs is 1. The first kappa shape index (κ1) is 14.6. The van der Waals surface area contributed by atoms with Crippen molar-refractivity contribution in [1.82, 2.24) is 4.98 Å². The Bertz CT molecular complexity index is 562. The summed E-state index contributed by atoms with van der Waals surface area (Å²) >= 11 is 0. The van der Waals surface area contributed by atoms with Crippen LogP contribution in [-0.4, -0.2) is 23.6 Å². The van der Waals surface area contributed by atoms with Crippen LogP contribution in [0.1, 0.15) is 31.7 Å². The molecule has 0 aliphatic carbocycles. The molecule has 108 valence electrons. The second-order valence-corrected chi connectivity index (χ2v) is 5.04. The first-order chi connectivity index (χ1) is 9.72. The van der Waals surface area contributed by atoms with E-state index in [1.54, 1.807) is 0 Å². The van der Waals surface area contributed by atoms with Gasteiger partial charge in [-0.3, -0.25) is 4.79 Å². The van der Waals surface area contributed by atoms with Crippen LogP contribution in [0.15, 0.2) is 30.5 Å². The van der Waals surface area contributed by atoms with Crippen molar-refractivity contribution in [3.05, 3.63) is 36.0 Å². The summed E-state index contributed by atoms with van der Waals surface area (Å²) in [7, 11) is 0. The van der Waals surface area contributed by atoms with Gasteiger partial charge < -0.3 is 15.5 Å². The molecule has 1 aromatic carbocycles. The van der Waals surface area contributed by atoms with Crippen LogP contribution in [-0.2, 0) is 16.0 Å². The van der Waals surface area contributed by atoms with Gasteiger partial charge in [0.1, 0.15) is 6.04 Å². The zero-order valence-corrected chi connectivity index (χ0v) is 11.9. The largest absolute Gasteiger partial charge is 0.465 e. The summed E-state index contributed by atoms with van der Waals surface area (Å²) in [5, 5.41) is 1.11. The van der Waals surface area contributed by atoms with E-state index in [1.165, 1.54) is 0 Å². The number of benzene rings is 1.